The molecule has 0 aliphatic carbocycles. The molecule has 1 N–H and O–H groups in total. The molecular formula is C15H16F2N4OS. The number of nitrogens with zero attached hydrogens (tertiary/aromatic N) is 4. The second-order valence-electron chi connectivity index (χ2n) is 5.19. The van der Waals surface area contributed by atoms with Crippen LogP contribution in [0.5, 0.6) is 0 Å². The normalized spacial score (nSPS) is 16.3. The van der Waals surface area contributed by atoms with Gasteiger partial charge >= 0.3 is 0 Å². The summed E-state index contributed by atoms with van der Waals surface area (Å²) in [6.07, 6.45) is 2.70. The first kappa shape index (κ1) is 17.4. The van der Waals surface area contributed by atoms with Gasteiger partial charge in [-0.1, -0.05) is 13.0 Å². The molecular weight excluding hydrogens is 322 g/mol. The average Bonchev–Trinajstić information content (AvgIpc) is 2.99. The van der Waals surface area contributed by atoms with Crippen molar-refractivity contribution in [1.29, 1.82) is 5.26 Å². The second kappa shape index (κ2) is 7.06. The van der Waals surface area contributed by atoms with Crippen LogP contribution in [-0.2, 0) is 12.1 Å². The maximum Gasteiger partial charge on any atom is 0.137 e. The Morgan fingerprint density at radius 1 is 1.43 bits per heavy atom. The first-order chi connectivity index (χ1) is 10.9. The van der Waals surface area contributed by atoms with Gasteiger partial charge in [-0.05, 0) is 13.0 Å². The average molecular weight is 338 g/mol. The molecule has 0 spiro atoms. The molecule has 0 bridgehead atoms. The van der Waals surface area contributed by atoms with Crippen molar-refractivity contribution >= 4 is 11.8 Å². The molecule has 1 heterocycles. The fraction of sp³-hybridized carbons (Fsp3) is 0.400. The van der Waals surface area contributed by atoms with Crippen LogP contribution in [0, 0.1) is 23.0 Å². The maximum atomic E-state index is 14.2. The zero-order chi connectivity index (χ0) is 17.0. The van der Waals surface area contributed by atoms with Crippen molar-refractivity contribution in [2.45, 2.75) is 36.5 Å². The lowest BCUT2D eigenvalue weighted by atomic mass is 9.90. The number of thioether (sulfide) groups is 1. The predicted octanol–water partition coefficient (Wildman–Crippen LogP) is 2.48. The standard InChI is InChI=1S/C15H16F2N4OS/c1-10(6-18)23-11(2)15(22,7-21-9-19-8-20-21)13-4-3-12(16)5-14(13)17/h3-5,8-11,22H,7H2,1-2H3/t10?,11-,15-/m1/s1. The summed E-state index contributed by atoms with van der Waals surface area (Å²) in [6, 6.07) is 5.11. The minimum atomic E-state index is -1.68. The van der Waals surface area contributed by atoms with Gasteiger partial charge in [0.15, 0.2) is 0 Å². The monoisotopic (exact) mass is 338 g/mol. The molecule has 8 heteroatoms. The molecule has 0 amide bonds. The van der Waals surface area contributed by atoms with Gasteiger partial charge in [0.1, 0.15) is 29.9 Å². The molecule has 0 radical (unpaired) electrons. The highest BCUT2D eigenvalue weighted by molar-refractivity contribution is 8.00. The van der Waals surface area contributed by atoms with E-state index in [9.17, 15) is 13.9 Å². The minimum Gasteiger partial charge on any atom is -0.382 e. The van der Waals surface area contributed by atoms with Gasteiger partial charge in [0, 0.05) is 16.9 Å². The molecule has 3 atom stereocenters. The molecule has 23 heavy (non-hydrogen) atoms. The Labute approximate surface area is 137 Å². The molecule has 0 saturated heterocycles. The smallest absolute Gasteiger partial charge is 0.137 e. The van der Waals surface area contributed by atoms with Gasteiger partial charge in [0.25, 0.3) is 0 Å². The van der Waals surface area contributed by atoms with E-state index in [0.29, 0.717) is 0 Å². The highest BCUT2D eigenvalue weighted by Gasteiger charge is 2.40. The Morgan fingerprint density at radius 2 is 2.17 bits per heavy atom. The molecule has 0 fully saturated rings. The van der Waals surface area contributed by atoms with Gasteiger partial charge in [-0.15, -0.1) is 11.8 Å². The summed E-state index contributed by atoms with van der Waals surface area (Å²) in [4.78, 5) is 3.80. The lowest BCUT2D eigenvalue weighted by Gasteiger charge is -2.34. The summed E-state index contributed by atoms with van der Waals surface area (Å²) in [6.45, 7) is 3.32. The molecule has 5 nitrogen and oxygen atoms in total. The van der Waals surface area contributed by atoms with Crippen molar-refractivity contribution in [3.63, 3.8) is 0 Å². The van der Waals surface area contributed by atoms with E-state index in [4.69, 9.17) is 5.26 Å². The van der Waals surface area contributed by atoms with Crippen LogP contribution in [0.1, 0.15) is 19.4 Å². The third-order valence-electron chi connectivity index (χ3n) is 3.53. The quantitative estimate of drug-likeness (QED) is 0.876. The Hall–Kier alpha value is -1.98. The van der Waals surface area contributed by atoms with Crippen LogP contribution >= 0.6 is 11.8 Å². The number of hydrogen-bond acceptors (Lipinski definition) is 5. The van der Waals surface area contributed by atoms with E-state index in [2.05, 4.69) is 16.2 Å². The van der Waals surface area contributed by atoms with Crippen molar-refractivity contribution < 1.29 is 13.9 Å². The summed E-state index contributed by atoms with van der Waals surface area (Å²) in [5.74, 6) is -1.57. The molecule has 1 aromatic carbocycles. The van der Waals surface area contributed by atoms with E-state index in [1.54, 1.807) is 13.8 Å². The third-order valence-corrected chi connectivity index (χ3v) is 4.84. The summed E-state index contributed by atoms with van der Waals surface area (Å²) in [5, 5.41) is 23.1. The summed E-state index contributed by atoms with van der Waals surface area (Å²) in [7, 11) is 0. The Balaban J connectivity index is 2.43. The highest BCUT2D eigenvalue weighted by Crippen LogP contribution is 2.37. The number of aromatic nitrogens is 3. The van der Waals surface area contributed by atoms with E-state index in [0.717, 1.165) is 12.1 Å². The molecule has 0 aliphatic heterocycles. The molecule has 2 aromatic rings. The van der Waals surface area contributed by atoms with Crippen molar-refractivity contribution in [3.05, 3.63) is 48.1 Å². The van der Waals surface area contributed by atoms with Crippen LogP contribution in [0.4, 0.5) is 8.78 Å². The largest absolute Gasteiger partial charge is 0.382 e. The fourth-order valence-corrected chi connectivity index (χ4v) is 3.38. The fourth-order valence-electron chi connectivity index (χ4n) is 2.28. The number of rotatable bonds is 6. The van der Waals surface area contributed by atoms with E-state index in [1.165, 1.54) is 35.2 Å². The molecule has 0 aliphatic rings. The number of hydrogen-bond donors (Lipinski definition) is 1. The van der Waals surface area contributed by atoms with Gasteiger partial charge < -0.3 is 5.11 Å². The van der Waals surface area contributed by atoms with E-state index < -0.39 is 27.7 Å². The van der Waals surface area contributed by atoms with Crippen molar-refractivity contribution in [2.75, 3.05) is 0 Å². The summed E-state index contributed by atoms with van der Waals surface area (Å²) < 4.78 is 28.8. The first-order valence-corrected chi connectivity index (χ1v) is 7.86. The highest BCUT2D eigenvalue weighted by atomic mass is 32.2. The number of halogens is 2. The minimum absolute atomic E-state index is 0.0421. The first-order valence-electron chi connectivity index (χ1n) is 6.92. The molecule has 1 aromatic heterocycles. The van der Waals surface area contributed by atoms with Crippen LogP contribution < -0.4 is 0 Å². The third kappa shape index (κ3) is 3.86. The summed E-state index contributed by atoms with van der Waals surface area (Å²) in [5.41, 5.74) is -1.72. The Morgan fingerprint density at radius 3 is 2.74 bits per heavy atom. The van der Waals surface area contributed by atoms with Gasteiger partial charge in [-0.3, -0.25) is 0 Å². The van der Waals surface area contributed by atoms with Crippen molar-refractivity contribution in [3.8, 4) is 6.07 Å². The summed E-state index contributed by atoms with van der Waals surface area (Å²) >= 11 is 1.20. The van der Waals surface area contributed by atoms with Crippen LogP contribution in [-0.4, -0.2) is 30.4 Å². The zero-order valence-electron chi connectivity index (χ0n) is 12.6. The Kier molecular flexibility index (Phi) is 5.34. The van der Waals surface area contributed by atoms with Crippen LogP contribution in [0.2, 0.25) is 0 Å². The SMILES string of the molecule is CC(C#N)S[C@H](C)[C@](O)(Cn1cncn1)c1ccc(F)cc1F. The van der Waals surface area contributed by atoms with Crippen molar-refractivity contribution in [1.82, 2.24) is 14.8 Å². The molecule has 1 unspecified atom stereocenters. The van der Waals surface area contributed by atoms with Gasteiger partial charge in [-0.25, -0.2) is 18.4 Å². The number of benzene rings is 1. The van der Waals surface area contributed by atoms with Crippen molar-refractivity contribution in [2.24, 2.45) is 0 Å². The molecule has 0 saturated carbocycles. The number of aliphatic hydroxyl groups is 1. The van der Waals surface area contributed by atoms with Crippen LogP contribution in [0.25, 0.3) is 0 Å². The van der Waals surface area contributed by atoms with Crippen LogP contribution in [0.15, 0.2) is 30.9 Å². The lowest BCUT2D eigenvalue weighted by Crippen LogP contribution is -2.41. The lowest BCUT2D eigenvalue weighted by molar-refractivity contribution is 0.0133. The van der Waals surface area contributed by atoms with Gasteiger partial charge in [0.2, 0.25) is 0 Å². The maximum absolute atomic E-state index is 14.2. The predicted molar refractivity (Wildman–Crippen MR) is 82.4 cm³/mol. The topological polar surface area (TPSA) is 74.7 Å². The van der Waals surface area contributed by atoms with Gasteiger partial charge in [0.05, 0.1) is 17.9 Å². The van der Waals surface area contributed by atoms with E-state index >= 15 is 0 Å². The second-order valence-corrected chi connectivity index (χ2v) is 6.88. The van der Waals surface area contributed by atoms with Gasteiger partial charge in [-0.2, -0.15) is 10.4 Å². The van der Waals surface area contributed by atoms with E-state index in [1.807, 2.05) is 0 Å². The molecule has 122 valence electrons. The van der Waals surface area contributed by atoms with E-state index in [-0.39, 0.29) is 12.1 Å². The number of nitriles is 1. The van der Waals surface area contributed by atoms with Crippen LogP contribution in [0.3, 0.4) is 0 Å². The zero-order valence-corrected chi connectivity index (χ0v) is 13.5. The Bertz CT molecular complexity index is 704. The molecule has 2 rings (SSSR count).